The smallest absolute Gasteiger partial charge is 0.128 e. The van der Waals surface area contributed by atoms with E-state index in [0.29, 0.717) is 0 Å². The van der Waals surface area contributed by atoms with E-state index >= 15 is 0 Å². The maximum Gasteiger partial charge on any atom is 0.128 e. The van der Waals surface area contributed by atoms with Crippen molar-refractivity contribution in [2.75, 3.05) is 0 Å². The number of hydrogen-bond donors (Lipinski definition) is 0. The predicted octanol–water partition coefficient (Wildman–Crippen LogP) is 3.60. The second-order valence-corrected chi connectivity index (χ2v) is 6.69. The van der Waals surface area contributed by atoms with E-state index in [9.17, 15) is 0 Å². The summed E-state index contributed by atoms with van der Waals surface area (Å²) in [7, 11) is 0. The monoisotopic (exact) mass is 342 g/mol. The van der Waals surface area contributed by atoms with Crippen molar-refractivity contribution in [2.45, 2.75) is 43.5 Å². The molecule has 0 aromatic heterocycles. The first kappa shape index (κ1) is 13.5. The molecule has 3 rings (SSSR count). The van der Waals surface area contributed by atoms with Gasteiger partial charge in [-0.1, -0.05) is 34.9 Å². The first-order valence-corrected chi connectivity index (χ1v) is 7.87. The molecule has 3 heterocycles. The Kier molecular flexibility index (Phi) is 3.68. The number of fused-ring (bicyclic) bond motifs is 1. The molecule has 3 aliphatic rings. The van der Waals surface area contributed by atoms with Gasteiger partial charge < -0.3 is 9.47 Å². The second-order valence-electron chi connectivity index (χ2n) is 5.23. The molecule has 0 saturated carbocycles. The number of allylic oxidation sites excluding steroid dienone is 3. The number of rotatable bonds is 3. The Bertz CT molecular complexity index is 477. The quantitative estimate of drug-likeness (QED) is 0.576. The average molecular weight is 344 g/mol. The Morgan fingerprint density at radius 1 is 1.63 bits per heavy atom. The highest BCUT2D eigenvalue weighted by Gasteiger charge is 2.63. The van der Waals surface area contributed by atoms with Gasteiger partial charge in [0.2, 0.25) is 0 Å². The van der Waals surface area contributed by atoms with Gasteiger partial charge >= 0.3 is 0 Å². The molecule has 3 saturated heterocycles. The van der Waals surface area contributed by atoms with Gasteiger partial charge in [-0.3, -0.25) is 0 Å². The van der Waals surface area contributed by atoms with Gasteiger partial charge in [0.1, 0.15) is 18.0 Å². The van der Waals surface area contributed by atoms with Gasteiger partial charge in [0, 0.05) is 16.8 Å². The van der Waals surface area contributed by atoms with Crippen LogP contribution in [0.15, 0.2) is 22.4 Å². The molecule has 0 aromatic rings. The molecule has 3 fully saturated rings. The molecular weight excluding hydrogens is 328 g/mol. The highest BCUT2D eigenvalue weighted by atomic mass is 79.9. The zero-order chi connectivity index (χ0) is 13.6. The average Bonchev–Trinajstić information content (AvgIpc) is 3.02. The van der Waals surface area contributed by atoms with E-state index in [0.717, 1.165) is 23.1 Å². The largest absolute Gasteiger partial charge is 0.491 e. The van der Waals surface area contributed by atoms with Crippen molar-refractivity contribution < 1.29 is 9.47 Å². The minimum atomic E-state index is -0.106. The van der Waals surface area contributed by atoms with Crippen molar-refractivity contribution >= 4 is 27.5 Å². The molecule has 0 aromatic carbocycles. The summed E-state index contributed by atoms with van der Waals surface area (Å²) in [5.74, 6) is 4.06. The molecule has 0 aliphatic carbocycles. The van der Waals surface area contributed by atoms with Crippen molar-refractivity contribution in [3.05, 3.63) is 22.4 Å². The number of alkyl halides is 1. The maximum absolute atomic E-state index is 6.51. The standard InChI is InChI=1S/C15H16BrClO2/c1-3-5-6-9(17)12-10-7-11-15(18-10)13(12)14(19-11)8(16)4-2/h1,5-6,9-13,15H,4,7H2,2H3/b6-5-,14-8-/t9-,10-,11-,12-,13-,15-/m1/s1. The van der Waals surface area contributed by atoms with Gasteiger partial charge in [-0.25, -0.2) is 0 Å². The van der Waals surface area contributed by atoms with E-state index in [1.54, 1.807) is 6.08 Å². The van der Waals surface area contributed by atoms with E-state index < -0.39 is 0 Å². The SMILES string of the molecule is C#C/C=C\[C@@H](Cl)[C@H]1[C@@H]2/C(=C(/Br)CC)O[C@@H]3C[C@H]1O[C@@H]23. The minimum Gasteiger partial charge on any atom is -0.491 e. The van der Waals surface area contributed by atoms with Gasteiger partial charge in [0.05, 0.1) is 17.4 Å². The lowest BCUT2D eigenvalue weighted by atomic mass is 9.77. The molecule has 2 nitrogen and oxygen atoms in total. The minimum absolute atomic E-state index is 0.106. The molecule has 0 spiro atoms. The van der Waals surface area contributed by atoms with Gasteiger partial charge in [0.25, 0.3) is 0 Å². The Hall–Kier alpha value is -0.430. The third-order valence-corrected chi connectivity index (χ3v) is 5.65. The number of terminal acetylenes is 1. The summed E-state index contributed by atoms with van der Waals surface area (Å²) in [6.07, 6.45) is 11.3. The molecule has 19 heavy (non-hydrogen) atoms. The van der Waals surface area contributed by atoms with Crippen LogP contribution in [0.2, 0.25) is 0 Å². The fourth-order valence-electron chi connectivity index (χ4n) is 3.50. The predicted molar refractivity (Wildman–Crippen MR) is 79.0 cm³/mol. The molecule has 0 radical (unpaired) electrons. The summed E-state index contributed by atoms with van der Waals surface area (Å²) in [5, 5.41) is -0.106. The zero-order valence-electron chi connectivity index (χ0n) is 10.7. The Morgan fingerprint density at radius 2 is 2.42 bits per heavy atom. The third-order valence-electron chi connectivity index (χ3n) is 4.26. The fraction of sp³-hybridized carbons (Fsp3) is 0.600. The maximum atomic E-state index is 6.51. The lowest BCUT2D eigenvalue weighted by Gasteiger charge is -2.25. The Balaban J connectivity index is 1.91. The Labute approximate surface area is 127 Å². The first-order chi connectivity index (χ1) is 9.17. The molecular formula is C15H16BrClO2. The molecule has 0 N–H and O–H groups in total. The first-order valence-electron chi connectivity index (χ1n) is 6.64. The van der Waals surface area contributed by atoms with Crippen LogP contribution in [0.4, 0.5) is 0 Å². The molecule has 3 aliphatic heterocycles. The van der Waals surface area contributed by atoms with E-state index in [2.05, 4.69) is 28.8 Å². The van der Waals surface area contributed by atoms with Crippen molar-refractivity contribution in [3.8, 4) is 12.3 Å². The van der Waals surface area contributed by atoms with Crippen LogP contribution in [-0.2, 0) is 9.47 Å². The van der Waals surface area contributed by atoms with Crippen LogP contribution >= 0.6 is 27.5 Å². The van der Waals surface area contributed by atoms with Crippen molar-refractivity contribution in [3.63, 3.8) is 0 Å². The highest BCUT2D eigenvalue weighted by molar-refractivity contribution is 9.11. The van der Waals surface area contributed by atoms with Crippen molar-refractivity contribution in [2.24, 2.45) is 11.8 Å². The Morgan fingerprint density at radius 3 is 3.11 bits per heavy atom. The van der Waals surface area contributed by atoms with E-state index in [4.69, 9.17) is 27.5 Å². The van der Waals surface area contributed by atoms with E-state index in [1.165, 1.54) is 0 Å². The van der Waals surface area contributed by atoms with E-state index in [-0.39, 0.29) is 35.5 Å². The summed E-state index contributed by atoms with van der Waals surface area (Å²) in [4.78, 5) is 0. The molecule has 2 bridgehead atoms. The summed E-state index contributed by atoms with van der Waals surface area (Å²) < 4.78 is 13.2. The van der Waals surface area contributed by atoms with Crippen LogP contribution in [0.5, 0.6) is 0 Å². The highest BCUT2D eigenvalue weighted by Crippen LogP contribution is 2.56. The number of ether oxygens (including phenoxy) is 2. The zero-order valence-corrected chi connectivity index (χ0v) is 13.0. The summed E-state index contributed by atoms with van der Waals surface area (Å²) in [6, 6.07) is 0. The molecule has 6 atom stereocenters. The van der Waals surface area contributed by atoms with Crippen LogP contribution in [0, 0.1) is 24.2 Å². The summed E-state index contributed by atoms with van der Waals surface area (Å²) in [5.41, 5.74) is 0. The van der Waals surface area contributed by atoms with Gasteiger partial charge in [0.15, 0.2) is 0 Å². The molecule has 4 heteroatoms. The second kappa shape index (κ2) is 5.16. The van der Waals surface area contributed by atoms with Crippen LogP contribution in [0.25, 0.3) is 0 Å². The fourth-order valence-corrected chi connectivity index (χ4v) is 4.25. The molecule has 102 valence electrons. The summed E-state index contributed by atoms with van der Waals surface area (Å²) >= 11 is 10.1. The molecule has 0 unspecified atom stereocenters. The lowest BCUT2D eigenvalue weighted by Crippen LogP contribution is -2.34. The number of hydrogen-bond acceptors (Lipinski definition) is 2. The van der Waals surface area contributed by atoms with Crippen LogP contribution < -0.4 is 0 Å². The lowest BCUT2D eigenvalue weighted by molar-refractivity contribution is 0.0690. The normalized spacial score (nSPS) is 43.4. The molecule has 0 amide bonds. The topological polar surface area (TPSA) is 18.5 Å². The van der Waals surface area contributed by atoms with Crippen LogP contribution in [0.1, 0.15) is 19.8 Å². The van der Waals surface area contributed by atoms with Crippen molar-refractivity contribution in [1.82, 2.24) is 0 Å². The number of halogens is 2. The van der Waals surface area contributed by atoms with E-state index in [1.807, 2.05) is 6.08 Å². The third kappa shape index (κ3) is 2.05. The van der Waals surface area contributed by atoms with Crippen LogP contribution in [0.3, 0.4) is 0 Å². The van der Waals surface area contributed by atoms with Crippen LogP contribution in [-0.4, -0.2) is 23.7 Å². The van der Waals surface area contributed by atoms with Gasteiger partial charge in [-0.15, -0.1) is 18.0 Å². The van der Waals surface area contributed by atoms with Crippen molar-refractivity contribution in [1.29, 1.82) is 0 Å². The summed E-state index contributed by atoms with van der Waals surface area (Å²) in [6.45, 7) is 2.11. The van der Waals surface area contributed by atoms with Gasteiger partial charge in [-0.05, 0) is 12.5 Å². The van der Waals surface area contributed by atoms with Gasteiger partial charge in [-0.2, -0.15) is 0 Å².